The lowest BCUT2D eigenvalue weighted by atomic mass is 9.95. The van der Waals surface area contributed by atoms with E-state index in [9.17, 15) is 14.0 Å². The van der Waals surface area contributed by atoms with Crippen LogP contribution < -0.4 is 26.8 Å². The summed E-state index contributed by atoms with van der Waals surface area (Å²) < 4.78 is 32.3. The molecule has 2 aromatic carbocycles. The molecule has 0 radical (unpaired) electrons. The van der Waals surface area contributed by atoms with Crippen LogP contribution in [-0.2, 0) is 6.61 Å². The van der Waals surface area contributed by atoms with Crippen LogP contribution in [0.2, 0.25) is 0 Å². The van der Waals surface area contributed by atoms with Gasteiger partial charge in [-0.25, -0.2) is 18.8 Å². The number of halogens is 2. The van der Waals surface area contributed by atoms with Gasteiger partial charge < -0.3 is 21.5 Å². The summed E-state index contributed by atoms with van der Waals surface area (Å²) in [5.41, 5.74) is 13.7. The number of nitrogens with one attached hydrogen (secondary N) is 2. The number of aliphatic imine (C=N–C) groups is 1. The SMILES string of the molecule is N#CNC1=NC(c2cccc(OCc3ccc(F)c(F)c3)c2)c2c(nc(N)c(C#N)c2N)N1. The fourth-order valence-corrected chi connectivity index (χ4v) is 3.39. The molecule has 0 bridgehead atoms. The highest BCUT2D eigenvalue weighted by atomic mass is 19.2. The normalized spacial score (nSPS) is 14.2. The zero-order chi connectivity index (χ0) is 23.5. The lowest BCUT2D eigenvalue weighted by Gasteiger charge is -2.26. The molecule has 33 heavy (non-hydrogen) atoms. The molecule has 3 aromatic rings. The Morgan fingerprint density at radius 1 is 1.12 bits per heavy atom. The van der Waals surface area contributed by atoms with E-state index >= 15 is 0 Å². The highest BCUT2D eigenvalue weighted by Crippen LogP contribution is 2.41. The number of nitrogen functional groups attached to an aromatic ring is 2. The Labute approximate surface area is 186 Å². The molecule has 6 N–H and O–H groups in total. The number of rotatable bonds is 4. The van der Waals surface area contributed by atoms with E-state index in [4.69, 9.17) is 21.5 Å². The standard InChI is InChI=1S/C22H16F2N8O/c23-15-5-4-11(6-16(15)24)9-33-13-3-1-2-12(7-13)19-17-18(27)14(8-25)20(28)31-21(17)32-22(30-19)29-10-26/h1-7,19H,9H2,(H6,27,28,29,30,31,32). The molecule has 0 saturated heterocycles. The topological polar surface area (TPSA) is 158 Å². The van der Waals surface area contributed by atoms with Crippen LogP contribution in [0.5, 0.6) is 5.75 Å². The molecule has 1 aromatic heterocycles. The summed E-state index contributed by atoms with van der Waals surface area (Å²) in [5, 5.41) is 23.7. The van der Waals surface area contributed by atoms with Gasteiger partial charge in [0.2, 0.25) is 5.96 Å². The van der Waals surface area contributed by atoms with Gasteiger partial charge in [0.1, 0.15) is 41.7 Å². The van der Waals surface area contributed by atoms with E-state index < -0.39 is 17.7 Å². The van der Waals surface area contributed by atoms with E-state index in [1.54, 1.807) is 30.5 Å². The fourth-order valence-electron chi connectivity index (χ4n) is 3.39. The molecule has 0 aliphatic carbocycles. The summed E-state index contributed by atoms with van der Waals surface area (Å²) in [5.74, 6) is -1.13. The van der Waals surface area contributed by atoms with Crippen molar-refractivity contribution in [3.05, 3.63) is 76.4 Å². The average Bonchev–Trinajstić information content (AvgIpc) is 2.80. The molecule has 164 valence electrons. The molecule has 9 nitrogen and oxygen atoms in total. The van der Waals surface area contributed by atoms with E-state index in [0.29, 0.717) is 22.4 Å². The maximum absolute atomic E-state index is 13.5. The number of nitrogens with two attached hydrogens (primary N) is 2. The molecular formula is C22H16F2N8O. The van der Waals surface area contributed by atoms with Crippen LogP contribution in [0.1, 0.15) is 28.3 Å². The van der Waals surface area contributed by atoms with Crippen molar-refractivity contribution < 1.29 is 13.5 Å². The highest BCUT2D eigenvalue weighted by molar-refractivity contribution is 5.98. The summed E-state index contributed by atoms with van der Waals surface area (Å²) in [6.07, 6.45) is 1.78. The molecule has 1 aliphatic rings. The minimum absolute atomic E-state index is 0.00672. The first-order valence-corrected chi connectivity index (χ1v) is 9.56. The molecule has 0 spiro atoms. The van der Waals surface area contributed by atoms with Crippen LogP contribution in [0.15, 0.2) is 47.5 Å². The summed E-state index contributed by atoms with van der Waals surface area (Å²) in [6, 6.07) is 11.6. The molecule has 1 atom stereocenters. The van der Waals surface area contributed by atoms with Crippen molar-refractivity contribution in [2.45, 2.75) is 12.6 Å². The van der Waals surface area contributed by atoms with Crippen LogP contribution in [-0.4, -0.2) is 10.9 Å². The van der Waals surface area contributed by atoms with E-state index in [-0.39, 0.29) is 35.5 Å². The van der Waals surface area contributed by atoms with Gasteiger partial charge >= 0.3 is 0 Å². The minimum Gasteiger partial charge on any atom is -0.489 e. The van der Waals surface area contributed by atoms with E-state index in [1.807, 2.05) is 6.07 Å². The number of hydrogen-bond acceptors (Lipinski definition) is 9. The van der Waals surface area contributed by atoms with E-state index in [1.165, 1.54) is 6.07 Å². The largest absolute Gasteiger partial charge is 0.489 e. The third-order valence-electron chi connectivity index (χ3n) is 4.92. The predicted molar refractivity (Wildman–Crippen MR) is 117 cm³/mol. The first-order valence-electron chi connectivity index (χ1n) is 9.56. The van der Waals surface area contributed by atoms with E-state index in [0.717, 1.165) is 12.1 Å². The number of ether oxygens (including phenoxy) is 1. The maximum atomic E-state index is 13.5. The Hall–Kier alpha value is -4.90. The number of fused-ring (bicyclic) bond motifs is 1. The van der Waals surface area contributed by atoms with Gasteiger partial charge in [-0.15, -0.1) is 0 Å². The van der Waals surface area contributed by atoms with Crippen molar-refractivity contribution >= 4 is 23.3 Å². The van der Waals surface area contributed by atoms with Crippen molar-refractivity contribution in [1.82, 2.24) is 10.3 Å². The van der Waals surface area contributed by atoms with Gasteiger partial charge in [0, 0.05) is 5.56 Å². The molecule has 4 rings (SSSR count). The number of pyridine rings is 1. The average molecular weight is 446 g/mol. The van der Waals surface area contributed by atoms with Crippen LogP contribution in [0.4, 0.5) is 26.1 Å². The highest BCUT2D eigenvalue weighted by Gasteiger charge is 2.29. The summed E-state index contributed by atoms with van der Waals surface area (Å²) in [4.78, 5) is 8.69. The Morgan fingerprint density at radius 3 is 2.67 bits per heavy atom. The number of hydrogen-bond donors (Lipinski definition) is 4. The lowest BCUT2D eigenvalue weighted by molar-refractivity contribution is 0.304. The molecule has 1 aliphatic heterocycles. The van der Waals surface area contributed by atoms with Crippen LogP contribution in [0.3, 0.4) is 0 Å². The number of benzene rings is 2. The third kappa shape index (κ3) is 4.16. The lowest BCUT2D eigenvalue weighted by Crippen LogP contribution is -2.32. The Balaban J connectivity index is 1.70. The summed E-state index contributed by atoms with van der Waals surface area (Å²) >= 11 is 0. The molecule has 0 saturated carbocycles. The Morgan fingerprint density at radius 2 is 1.94 bits per heavy atom. The van der Waals surface area contributed by atoms with Crippen molar-refractivity contribution in [3.63, 3.8) is 0 Å². The quantitative estimate of drug-likeness (QED) is 0.352. The zero-order valence-corrected chi connectivity index (χ0v) is 16.9. The first-order chi connectivity index (χ1) is 15.9. The smallest absolute Gasteiger partial charge is 0.211 e. The van der Waals surface area contributed by atoms with Crippen molar-refractivity contribution in [3.8, 4) is 18.0 Å². The van der Waals surface area contributed by atoms with Crippen LogP contribution in [0, 0.1) is 34.4 Å². The number of guanidine groups is 1. The second-order valence-corrected chi connectivity index (χ2v) is 7.01. The number of nitrogens with zero attached hydrogens (tertiary/aromatic N) is 4. The molecule has 11 heteroatoms. The van der Waals surface area contributed by atoms with Gasteiger partial charge in [-0.05, 0) is 35.4 Å². The van der Waals surface area contributed by atoms with Crippen LogP contribution >= 0.6 is 0 Å². The Kier molecular flexibility index (Phi) is 5.62. The minimum atomic E-state index is -0.960. The van der Waals surface area contributed by atoms with Crippen LogP contribution in [0.25, 0.3) is 0 Å². The van der Waals surface area contributed by atoms with Crippen molar-refractivity contribution in [2.75, 3.05) is 16.8 Å². The summed E-state index contributed by atoms with van der Waals surface area (Å²) in [6.45, 7) is 0.00672. The second-order valence-electron chi connectivity index (χ2n) is 7.01. The second kappa shape index (κ2) is 8.69. The van der Waals surface area contributed by atoms with Gasteiger partial charge in [0.25, 0.3) is 0 Å². The van der Waals surface area contributed by atoms with Gasteiger partial charge in [-0.2, -0.15) is 10.5 Å². The fraction of sp³-hybridized carbons (Fsp3) is 0.0909. The first kappa shape index (κ1) is 21.3. The van der Waals surface area contributed by atoms with Crippen molar-refractivity contribution in [2.24, 2.45) is 4.99 Å². The number of aromatic nitrogens is 1. The maximum Gasteiger partial charge on any atom is 0.211 e. The van der Waals surface area contributed by atoms with Gasteiger partial charge in [-0.3, -0.25) is 5.32 Å². The van der Waals surface area contributed by atoms with E-state index in [2.05, 4.69) is 20.6 Å². The van der Waals surface area contributed by atoms with Gasteiger partial charge in [-0.1, -0.05) is 18.2 Å². The third-order valence-corrected chi connectivity index (χ3v) is 4.92. The van der Waals surface area contributed by atoms with Gasteiger partial charge in [0.15, 0.2) is 17.8 Å². The Bertz CT molecular complexity index is 1360. The number of anilines is 3. The summed E-state index contributed by atoms with van der Waals surface area (Å²) in [7, 11) is 0. The molecule has 2 heterocycles. The molecular weight excluding hydrogens is 430 g/mol. The molecule has 0 amide bonds. The number of nitriles is 2. The van der Waals surface area contributed by atoms with Crippen molar-refractivity contribution in [1.29, 1.82) is 10.5 Å². The zero-order valence-electron chi connectivity index (χ0n) is 16.9. The predicted octanol–water partition coefficient (Wildman–Crippen LogP) is 2.92. The molecule has 1 unspecified atom stereocenters. The monoisotopic (exact) mass is 446 g/mol. The molecule has 0 fully saturated rings. The van der Waals surface area contributed by atoms with Gasteiger partial charge in [0.05, 0.1) is 5.69 Å².